The molecule has 388 valence electrons. The number of nitrogens with one attached hydrogen (secondary N) is 1. The molecule has 4 aliphatic heterocycles. The molecule has 0 aliphatic carbocycles. The molecule has 12 N–H and O–H groups in total. The largest absolute Gasteiger partial charge is 0.458 e. The molecule has 16 nitrogen and oxygen atoms in total. The number of allylic oxidation sites excluding steroid dienone is 2. The Morgan fingerprint density at radius 1 is 0.806 bits per heavy atom. The van der Waals surface area contributed by atoms with Crippen molar-refractivity contribution in [3.05, 3.63) is 36.5 Å². The van der Waals surface area contributed by atoms with Crippen molar-refractivity contribution in [2.75, 3.05) is 13.6 Å². The summed E-state index contributed by atoms with van der Waals surface area (Å²) in [6.45, 7) is 13.9. The van der Waals surface area contributed by atoms with Gasteiger partial charge in [-0.3, -0.25) is 4.99 Å². The fourth-order valence-electron chi connectivity index (χ4n) is 9.84. The van der Waals surface area contributed by atoms with Crippen LogP contribution in [0.4, 0.5) is 0 Å². The van der Waals surface area contributed by atoms with E-state index in [1.807, 2.05) is 20.8 Å². The number of aliphatic hydroxyl groups is 9. The Hall–Kier alpha value is -2.48. The van der Waals surface area contributed by atoms with Crippen LogP contribution >= 0.6 is 0 Å². The van der Waals surface area contributed by atoms with Crippen molar-refractivity contribution >= 4 is 11.9 Å². The molecule has 4 aliphatic rings. The molecule has 16 heteroatoms. The Morgan fingerprint density at radius 3 is 2.13 bits per heavy atom. The number of ether oxygens (including phenoxy) is 3. The zero-order valence-corrected chi connectivity index (χ0v) is 41.7. The number of guanidine groups is 1. The van der Waals surface area contributed by atoms with Crippen LogP contribution in [0.25, 0.3) is 0 Å². The van der Waals surface area contributed by atoms with Crippen molar-refractivity contribution < 1.29 is 65.0 Å². The second-order valence-electron chi connectivity index (χ2n) is 20.7. The summed E-state index contributed by atoms with van der Waals surface area (Å²) in [4.78, 5) is 17.3. The van der Waals surface area contributed by atoms with Gasteiger partial charge in [0.2, 0.25) is 0 Å². The summed E-state index contributed by atoms with van der Waals surface area (Å²) in [6.07, 6.45) is 5.71. The van der Waals surface area contributed by atoms with Crippen LogP contribution in [-0.4, -0.2) is 151 Å². The first-order valence-electron chi connectivity index (χ1n) is 25.2. The average molecular weight is 954 g/mol. The van der Waals surface area contributed by atoms with Gasteiger partial charge in [-0.25, -0.2) is 4.79 Å². The minimum absolute atomic E-state index is 0.0364. The molecule has 0 saturated carbocycles. The lowest BCUT2D eigenvalue weighted by Gasteiger charge is -2.52. The third kappa shape index (κ3) is 19.7. The standard InChI is InChI=1S/C51H91N3O13/c1-30(15-13-11-9-10-12-14-22-54-50(52)53-8)23-34(5)48-33(4)17-20-41(58)35(6)43(60)26-38(56)24-37(55)25-39-27-45-49(63)51(64,67-39)29-46(65-45)32(3)16-19-40(57)36(7)44(61)28-42(59)31(2)18-21-47(62)66-48/h9-10,17-18,20-21,30-46,48-49,55-61,63-64H,11-16,19,22-29H2,1-8H3,(H3,52,53,54)/b10-9+,20-17-,21-18+. The van der Waals surface area contributed by atoms with Crippen LogP contribution in [0.3, 0.4) is 0 Å². The maximum atomic E-state index is 13.4. The van der Waals surface area contributed by atoms with Gasteiger partial charge in [-0.05, 0) is 82.0 Å². The van der Waals surface area contributed by atoms with Crippen molar-refractivity contribution in [2.45, 2.75) is 217 Å². The van der Waals surface area contributed by atoms with Crippen LogP contribution in [0.1, 0.15) is 138 Å². The lowest BCUT2D eigenvalue weighted by atomic mass is 9.81. The summed E-state index contributed by atoms with van der Waals surface area (Å²) < 4.78 is 18.4. The van der Waals surface area contributed by atoms with E-state index in [4.69, 9.17) is 19.9 Å². The normalized spacial score (nSPS) is 41.6. The number of nitrogens with two attached hydrogens (primary N) is 1. The van der Waals surface area contributed by atoms with E-state index in [-0.39, 0.29) is 56.3 Å². The molecule has 4 heterocycles. The van der Waals surface area contributed by atoms with Crippen molar-refractivity contribution in [1.82, 2.24) is 5.32 Å². The highest BCUT2D eigenvalue weighted by molar-refractivity contribution is 5.82. The number of aliphatic imine (C=N–C) groups is 1. The number of fused-ring (bicyclic) bond motifs is 22. The van der Waals surface area contributed by atoms with E-state index in [9.17, 15) is 50.8 Å². The number of hydrogen-bond donors (Lipinski definition) is 11. The summed E-state index contributed by atoms with van der Waals surface area (Å²) in [5.74, 6) is -4.15. The molecule has 0 aromatic carbocycles. The number of aliphatic hydroxyl groups excluding tert-OH is 8. The second-order valence-corrected chi connectivity index (χ2v) is 20.7. The Labute approximate surface area is 400 Å². The van der Waals surface area contributed by atoms with Crippen molar-refractivity contribution in [3.63, 3.8) is 0 Å². The monoisotopic (exact) mass is 954 g/mol. The summed E-state index contributed by atoms with van der Waals surface area (Å²) in [5.41, 5.74) is 5.68. The number of carbonyl (C=O) groups excluding carboxylic acids is 1. The predicted molar refractivity (Wildman–Crippen MR) is 258 cm³/mol. The third-order valence-corrected chi connectivity index (χ3v) is 14.7. The number of esters is 1. The zero-order chi connectivity index (χ0) is 50.0. The van der Waals surface area contributed by atoms with Gasteiger partial charge in [-0.2, -0.15) is 0 Å². The van der Waals surface area contributed by atoms with E-state index in [0.29, 0.717) is 24.7 Å². The van der Waals surface area contributed by atoms with Crippen LogP contribution in [0.5, 0.6) is 0 Å². The summed E-state index contributed by atoms with van der Waals surface area (Å²) in [7, 11) is 1.65. The molecule has 2 fully saturated rings. The minimum Gasteiger partial charge on any atom is -0.458 e. The highest BCUT2D eigenvalue weighted by Crippen LogP contribution is 2.42. The maximum Gasteiger partial charge on any atom is 0.330 e. The van der Waals surface area contributed by atoms with Crippen LogP contribution in [0.2, 0.25) is 0 Å². The SMILES string of the molecule is CN=C(N)NCCC/C=C/CCCC(C)CC(C)C1OC(=O)/C=C/C(C)C(O)CC(O)C(C)C(O)CCC(C)C2CC3(O)OC(CC(O)CC(O)CC(O)C(C)C(O)/C=C\C1C)CC(O2)C3O. The van der Waals surface area contributed by atoms with E-state index in [2.05, 4.69) is 29.4 Å². The van der Waals surface area contributed by atoms with Crippen LogP contribution in [0, 0.1) is 41.4 Å². The number of nitrogens with zero attached hydrogens (tertiary/aromatic N) is 1. The highest BCUT2D eigenvalue weighted by Gasteiger charge is 2.55. The smallest absolute Gasteiger partial charge is 0.330 e. The number of hydrogen-bond acceptors (Lipinski definition) is 14. The lowest BCUT2D eigenvalue weighted by molar-refractivity contribution is -0.371. The average Bonchev–Trinajstić information content (AvgIpc) is 3.26. The van der Waals surface area contributed by atoms with Crippen molar-refractivity contribution in [2.24, 2.45) is 52.2 Å². The van der Waals surface area contributed by atoms with Crippen LogP contribution in [0.15, 0.2) is 41.4 Å². The van der Waals surface area contributed by atoms with Crippen LogP contribution in [-0.2, 0) is 19.0 Å². The fraction of sp³-hybridized carbons (Fsp3) is 0.843. The van der Waals surface area contributed by atoms with Gasteiger partial charge in [0.1, 0.15) is 12.2 Å². The molecule has 0 amide bonds. The van der Waals surface area contributed by atoms with E-state index in [0.717, 1.165) is 45.1 Å². The van der Waals surface area contributed by atoms with Gasteiger partial charge in [0.05, 0.1) is 61.0 Å². The van der Waals surface area contributed by atoms with Crippen molar-refractivity contribution in [1.29, 1.82) is 0 Å². The molecular weight excluding hydrogens is 863 g/mol. The molecule has 67 heavy (non-hydrogen) atoms. The third-order valence-electron chi connectivity index (χ3n) is 14.7. The van der Waals surface area contributed by atoms with Crippen molar-refractivity contribution in [3.8, 4) is 0 Å². The van der Waals surface area contributed by atoms with Gasteiger partial charge in [-0.15, -0.1) is 0 Å². The first kappa shape index (κ1) is 58.8. The summed E-state index contributed by atoms with van der Waals surface area (Å²) >= 11 is 0. The minimum atomic E-state index is -1.93. The van der Waals surface area contributed by atoms with Gasteiger partial charge in [0.25, 0.3) is 0 Å². The highest BCUT2D eigenvalue weighted by atomic mass is 16.7. The predicted octanol–water partition coefficient (Wildman–Crippen LogP) is 3.77. The fourth-order valence-corrected chi connectivity index (χ4v) is 9.84. The first-order chi connectivity index (χ1) is 31.5. The molecule has 20 atom stereocenters. The van der Waals surface area contributed by atoms with E-state index < -0.39 is 103 Å². The molecule has 4 bridgehead atoms. The number of unbranched alkanes of at least 4 members (excludes halogenated alkanes) is 2. The molecule has 20 unspecified atom stereocenters. The van der Waals surface area contributed by atoms with Gasteiger partial charge in [-0.1, -0.05) is 85.3 Å². The number of rotatable bonds is 11. The van der Waals surface area contributed by atoms with E-state index in [1.165, 1.54) is 6.08 Å². The molecular formula is C51H91N3O13. The second kappa shape index (κ2) is 29.0. The Kier molecular flexibility index (Phi) is 25.5. The first-order valence-corrected chi connectivity index (χ1v) is 25.2. The molecule has 2 saturated heterocycles. The van der Waals surface area contributed by atoms with Gasteiger partial charge < -0.3 is 71.2 Å². The van der Waals surface area contributed by atoms with E-state index >= 15 is 0 Å². The molecule has 4 rings (SSSR count). The molecule has 0 spiro atoms. The molecule has 0 aromatic rings. The number of carbonyl (C=O) groups is 1. The zero-order valence-electron chi connectivity index (χ0n) is 41.7. The van der Waals surface area contributed by atoms with Crippen LogP contribution < -0.4 is 11.1 Å². The summed E-state index contributed by atoms with van der Waals surface area (Å²) in [6, 6.07) is 0. The lowest BCUT2D eigenvalue weighted by Crippen LogP contribution is -2.65. The molecule has 0 aromatic heterocycles. The van der Waals surface area contributed by atoms with E-state index in [1.54, 1.807) is 46.0 Å². The van der Waals surface area contributed by atoms with Gasteiger partial charge in [0, 0.05) is 62.6 Å². The summed E-state index contributed by atoms with van der Waals surface area (Å²) in [5, 5.41) is 103. The Morgan fingerprint density at radius 2 is 1.46 bits per heavy atom. The van der Waals surface area contributed by atoms with Gasteiger partial charge >= 0.3 is 5.97 Å². The quantitative estimate of drug-likeness (QED) is 0.0463. The Balaban J connectivity index is 1.75. The topological polar surface area (TPSA) is 277 Å². The maximum absolute atomic E-state index is 13.4. The Bertz CT molecular complexity index is 1550. The molecule has 0 radical (unpaired) electrons. The van der Waals surface area contributed by atoms with Gasteiger partial charge in [0.15, 0.2) is 11.7 Å².